The number of halogens is 1. The number of nitro groups is 1. The Hall–Kier alpha value is -2.64. The Labute approximate surface area is 149 Å². The average molecular weight is 361 g/mol. The van der Waals surface area contributed by atoms with Gasteiger partial charge in [0.2, 0.25) is 0 Å². The highest BCUT2D eigenvalue weighted by atomic mass is 35.5. The van der Waals surface area contributed by atoms with Crippen LogP contribution in [0.3, 0.4) is 0 Å². The van der Waals surface area contributed by atoms with Crippen LogP contribution in [0, 0.1) is 10.1 Å². The lowest BCUT2D eigenvalue weighted by Gasteiger charge is -2.17. The molecule has 8 heteroatoms. The van der Waals surface area contributed by atoms with Crippen molar-refractivity contribution in [1.82, 2.24) is 14.7 Å². The lowest BCUT2D eigenvalue weighted by atomic mass is 10.2. The molecule has 0 bridgehead atoms. The zero-order valence-corrected chi connectivity index (χ0v) is 14.4. The summed E-state index contributed by atoms with van der Waals surface area (Å²) in [5.74, 6) is 0.773. The quantitative estimate of drug-likeness (QED) is 0.475. The Kier molecular flexibility index (Phi) is 5.16. The smallest absolute Gasteiger partial charge is 0.270 e. The van der Waals surface area contributed by atoms with Crippen LogP contribution in [0.5, 0.6) is 5.75 Å². The molecular weight excluding hydrogens is 344 g/mol. The molecule has 130 valence electrons. The Balaban J connectivity index is 1.57. The molecule has 7 nitrogen and oxygen atoms in total. The van der Waals surface area contributed by atoms with Crippen LogP contribution in [0.1, 0.15) is 0 Å². The summed E-state index contributed by atoms with van der Waals surface area (Å²) in [4.78, 5) is 12.5. The fourth-order valence-corrected chi connectivity index (χ4v) is 2.58. The second-order valence-electron chi connectivity index (χ2n) is 5.67. The molecule has 0 amide bonds. The van der Waals surface area contributed by atoms with Gasteiger partial charge in [-0.2, -0.15) is 5.10 Å². The van der Waals surface area contributed by atoms with E-state index in [4.69, 9.17) is 16.3 Å². The van der Waals surface area contributed by atoms with Crippen LogP contribution in [0.2, 0.25) is 5.02 Å². The van der Waals surface area contributed by atoms with Crippen LogP contribution in [-0.4, -0.2) is 39.8 Å². The molecule has 0 N–H and O–H groups in total. The maximum Gasteiger partial charge on any atom is 0.270 e. The van der Waals surface area contributed by atoms with Gasteiger partial charge in [0.1, 0.15) is 12.4 Å². The summed E-state index contributed by atoms with van der Waals surface area (Å²) in [5.41, 5.74) is 0.924. The Morgan fingerprint density at radius 2 is 2.04 bits per heavy atom. The van der Waals surface area contributed by atoms with Gasteiger partial charge < -0.3 is 4.74 Å². The molecule has 3 aromatic rings. The first kappa shape index (κ1) is 17.2. The predicted molar refractivity (Wildman–Crippen MR) is 96.0 cm³/mol. The number of rotatable bonds is 7. The van der Waals surface area contributed by atoms with E-state index in [1.807, 2.05) is 19.2 Å². The van der Waals surface area contributed by atoms with Gasteiger partial charge in [-0.15, -0.1) is 0 Å². The van der Waals surface area contributed by atoms with Gasteiger partial charge in [-0.1, -0.05) is 11.6 Å². The van der Waals surface area contributed by atoms with Crippen molar-refractivity contribution in [2.24, 2.45) is 0 Å². The minimum atomic E-state index is -0.406. The maximum absolute atomic E-state index is 10.8. The maximum atomic E-state index is 10.8. The van der Waals surface area contributed by atoms with Gasteiger partial charge in [0, 0.05) is 29.1 Å². The van der Waals surface area contributed by atoms with Crippen molar-refractivity contribution in [3.8, 4) is 5.75 Å². The molecule has 0 fully saturated rings. The third-order valence-electron chi connectivity index (χ3n) is 3.77. The van der Waals surface area contributed by atoms with Gasteiger partial charge in [-0.05, 0) is 37.4 Å². The highest BCUT2D eigenvalue weighted by molar-refractivity contribution is 6.30. The molecule has 0 aliphatic carbocycles. The van der Waals surface area contributed by atoms with E-state index in [-0.39, 0.29) is 5.69 Å². The van der Waals surface area contributed by atoms with Gasteiger partial charge in [0.25, 0.3) is 5.69 Å². The number of benzene rings is 2. The Morgan fingerprint density at radius 1 is 1.28 bits per heavy atom. The molecule has 1 aromatic heterocycles. The highest BCUT2D eigenvalue weighted by Gasteiger charge is 2.10. The summed E-state index contributed by atoms with van der Waals surface area (Å²) in [6, 6.07) is 12.0. The van der Waals surface area contributed by atoms with Crippen molar-refractivity contribution in [1.29, 1.82) is 0 Å². The second kappa shape index (κ2) is 7.50. The van der Waals surface area contributed by atoms with Gasteiger partial charge in [0.15, 0.2) is 0 Å². The fourth-order valence-electron chi connectivity index (χ4n) is 2.45. The fraction of sp³-hybridized carbons (Fsp3) is 0.235. The van der Waals surface area contributed by atoms with Gasteiger partial charge in [-0.3, -0.25) is 19.7 Å². The molecule has 0 saturated carbocycles. The predicted octanol–water partition coefficient (Wildman–Crippen LogP) is 3.57. The third-order valence-corrected chi connectivity index (χ3v) is 4.02. The molecule has 0 saturated heterocycles. The SMILES string of the molecule is CN(CCOc1ccc(Cl)cc1)Cn1ncc2cc([N+](=O)[O-])ccc21. The number of non-ortho nitro benzene ring substituents is 1. The molecule has 0 unspecified atom stereocenters. The van der Waals surface area contributed by atoms with E-state index in [1.54, 1.807) is 29.1 Å². The van der Waals surface area contributed by atoms with E-state index < -0.39 is 4.92 Å². The molecule has 1 heterocycles. The number of hydrogen-bond donors (Lipinski definition) is 0. The van der Waals surface area contributed by atoms with E-state index >= 15 is 0 Å². The van der Waals surface area contributed by atoms with Crippen LogP contribution >= 0.6 is 11.6 Å². The molecule has 0 spiro atoms. The van der Waals surface area contributed by atoms with Crippen molar-refractivity contribution in [2.45, 2.75) is 6.67 Å². The third kappa shape index (κ3) is 4.26. The summed E-state index contributed by atoms with van der Waals surface area (Å²) >= 11 is 5.84. The summed E-state index contributed by atoms with van der Waals surface area (Å²) < 4.78 is 7.48. The molecule has 2 aromatic carbocycles. The number of nitro benzene ring substituents is 1. The van der Waals surface area contributed by atoms with Gasteiger partial charge >= 0.3 is 0 Å². The van der Waals surface area contributed by atoms with E-state index in [1.165, 1.54) is 12.1 Å². The summed E-state index contributed by atoms with van der Waals surface area (Å²) in [7, 11) is 1.96. The summed E-state index contributed by atoms with van der Waals surface area (Å²) in [6.07, 6.45) is 1.64. The number of aromatic nitrogens is 2. The monoisotopic (exact) mass is 360 g/mol. The molecule has 25 heavy (non-hydrogen) atoms. The van der Waals surface area contributed by atoms with Crippen molar-refractivity contribution in [3.63, 3.8) is 0 Å². The number of ether oxygens (including phenoxy) is 1. The topological polar surface area (TPSA) is 73.4 Å². The Morgan fingerprint density at radius 3 is 2.76 bits per heavy atom. The number of hydrogen-bond acceptors (Lipinski definition) is 5. The van der Waals surface area contributed by atoms with Crippen LogP contribution in [-0.2, 0) is 6.67 Å². The van der Waals surface area contributed by atoms with E-state index in [9.17, 15) is 10.1 Å². The number of fused-ring (bicyclic) bond motifs is 1. The van der Waals surface area contributed by atoms with E-state index in [0.29, 0.717) is 24.8 Å². The first-order valence-electron chi connectivity index (χ1n) is 7.70. The molecular formula is C17H17ClN4O3. The first-order chi connectivity index (χ1) is 12.0. The van der Waals surface area contributed by atoms with E-state index in [2.05, 4.69) is 10.00 Å². The lowest BCUT2D eigenvalue weighted by molar-refractivity contribution is -0.384. The van der Waals surface area contributed by atoms with Gasteiger partial charge in [0.05, 0.1) is 23.3 Å². The second-order valence-corrected chi connectivity index (χ2v) is 6.10. The minimum absolute atomic E-state index is 0.0665. The molecule has 0 radical (unpaired) electrons. The van der Waals surface area contributed by atoms with Gasteiger partial charge in [-0.25, -0.2) is 0 Å². The molecule has 0 aliphatic heterocycles. The first-order valence-corrected chi connectivity index (χ1v) is 8.07. The van der Waals surface area contributed by atoms with Crippen molar-refractivity contribution >= 4 is 28.2 Å². The zero-order valence-electron chi connectivity index (χ0n) is 13.6. The minimum Gasteiger partial charge on any atom is -0.492 e. The zero-order chi connectivity index (χ0) is 17.8. The van der Waals surface area contributed by atoms with Crippen molar-refractivity contribution < 1.29 is 9.66 Å². The lowest BCUT2D eigenvalue weighted by Crippen LogP contribution is -2.27. The largest absolute Gasteiger partial charge is 0.492 e. The summed E-state index contributed by atoms with van der Waals surface area (Å²) in [5, 5.41) is 16.6. The van der Waals surface area contributed by atoms with Crippen molar-refractivity contribution in [2.75, 3.05) is 20.2 Å². The standard InChI is InChI=1S/C17H17ClN4O3/c1-20(8-9-25-16-5-2-14(18)3-6-16)12-21-17-7-4-15(22(23)24)10-13(17)11-19-21/h2-7,10-11H,8-9,12H2,1H3. The molecule has 0 atom stereocenters. The Bertz CT molecular complexity index is 879. The van der Waals surface area contributed by atoms with E-state index in [0.717, 1.165) is 16.7 Å². The van der Waals surface area contributed by atoms with Crippen molar-refractivity contribution in [3.05, 3.63) is 63.8 Å². The van der Waals surface area contributed by atoms with Crippen LogP contribution in [0.15, 0.2) is 48.7 Å². The normalized spacial score (nSPS) is 11.2. The highest BCUT2D eigenvalue weighted by Crippen LogP contribution is 2.20. The molecule has 0 aliphatic rings. The number of nitrogens with zero attached hydrogens (tertiary/aromatic N) is 4. The van der Waals surface area contributed by atoms with Crippen LogP contribution < -0.4 is 4.74 Å². The molecule has 3 rings (SSSR count). The van der Waals surface area contributed by atoms with Crippen LogP contribution in [0.4, 0.5) is 5.69 Å². The number of likely N-dealkylation sites (N-methyl/N-ethyl adjacent to an activating group) is 1. The van der Waals surface area contributed by atoms with Crippen LogP contribution in [0.25, 0.3) is 10.9 Å². The average Bonchev–Trinajstić information content (AvgIpc) is 2.99. The summed E-state index contributed by atoms with van der Waals surface area (Å²) in [6.45, 7) is 1.80.